The van der Waals surface area contributed by atoms with E-state index in [9.17, 15) is 4.79 Å². The maximum atomic E-state index is 11.9. The second-order valence-corrected chi connectivity index (χ2v) is 6.29. The van der Waals surface area contributed by atoms with Crippen LogP contribution in [0.2, 0.25) is 0 Å². The van der Waals surface area contributed by atoms with Crippen molar-refractivity contribution < 1.29 is 14.3 Å². The van der Waals surface area contributed by atoms with E-state index >= 15 is 0 Å². The smallest absolute Gasteiger partial charge is 0.228 e. The minimum atomic E-state index is 0.0414. The summed E-state index contributed by atoms with van der Waals surface area (Å²) in [6, 6.07) is 9.45. The molecule has 1 aromatic heterocycles. The molecule has 1 aromatic carbocycles. The fourth-order valence-electron chi connectivity index (χ4n) is 2.76. The van der Waals surface area contributed by atoms with Gasteiger partial charge in [0.15, 0.2) is 17.3 Å². The lowest BCUT2D eigenvalue weighted by atomic mass is 9.85. The monoisotopic (exact) mass is 356 g/mol. The van der Waals surface area contributed by atoms with E-state index in [0.717, 1.165) is 42.7 Å². The third kappa shape index (κ3) is 4.41. The highest BCUT2D eigenvalue weighted by atomic mass is 16.5. The Morgan fingerprint density at radius 2 is 1.81 bits per heavy atom. The van der Waals surface area contributed by atoms with Crippen molar-refractivity contribution >= 4 is 17.5 Å². The second kappa shape index (κ2) is 8.51. The average Bonchev–Trinajstić information content (AvgIpc) is 2.61. The number of anilines is 2. The first-order valence-corrected chi connectivity index (χ1v) is 8.79. The molecule has 26 heavy (non-hydrogen) atoms. The Morgan fingerprint density at radius 1 is 1.08 bits per heavy atom. The van der Waals surface area contributed by atoms with Gasteiger partial charge in [-0.1, -0.05) is 12.5 Å². The van der Waals surface area contributed by atoms with Gasteiger partial charge in [-0.05, 0) is 49.1 Å². The quantitative estimate of drug-likeness (QED) is 0.756. The summed E-state index contributed by atoms with van der Waals surface area (Å²) >= 11 is 0. The largest absolute Gasteiger partial charge is 0.493 e. The number of carbonyl (C=O) groups excluding carboxylic acids is 1. The number of aromatic nitrogens is 2. The molecule has 0 unspecified atom stereocenters. The number of methoxy groups -OCH3 is 2. The van der Waals surface area contributed by atoms with Crippen LogP contribution in [-0.4, -0.2) is 36.9 Å². The van der Waals surface area contributed by atoms with Gasteiger partial charge in [-0.2, -0.15) is 0 Å². The summed E-state index contributed by atoms with van der Waals surface area (Å²) in [6.07, 6.45) is 3.87. The Morgan fingerprint density at radius 3 is 2.42 bits per heavy atom. The van der Waals surface area contributed by atoms with Gasteiger partial charge in [0.05, 0.1) is 14.2 Å². The summed E-state index contributed by atoms with van der Waals surface area (Å²) in [5.74, 6) is 2.78. The van der Waals surface area contributed by atoms with E-state index in [1.807, 2.05) is 24.3 Å². The molecule has 1 fully saturated rings. The minimum Gasteiger partial charge on any atom is -0.493 e. The van der Waals surface area contributed by atoms with Crippen LogP contribution in [0.15, 0.2) is 30.3 Å². The molecule has 0 bridgehead atoms. The van der Waals surface area contributed by atoms with E-state index in [1.165, 1.54) is 0 Å². The molecule has 0 spiro atoms. The Balaban J connectivity index is 1.48. The fourth-order valence-corrected chi connectivity index (χ4v) is 2.76. The van der Waals surface area contributed by atoms with Crippen molar-refractivity contribution in [3.63, 3.8) is 0 Å². The van der Waals surface area contributed by atoms with Crippen molar-refractivity contribution in [3.05, 3.63) is 35.9 Å². The van der Waals surface area contributed by atoms with E-state index in [2.05, 4.69) is 20.8 Å². The van der Waals surface area contributed by atoms with Crippen molar-refractivity contribution in [1.29, 1.82) is 0 Å². The molecule has 1 saturated carbocycles. The first-order valence-electron chi connectivity index (χ1n) is 8.79. The van der Waals surface area contributed by atoms with Gasteiger partial charge in [0.2, 0.25) is 5.91 Å². The lowest BCUT2D eigenvalue weighted by molar-refractivity contribution is -0.122. The summed E-state index contributed by atoms with van der Waals surface area (Å²) < 4.78 is 10.6. The minimum absolute atomic E-state index is 0.0414. The molecule has 2 aromatic rings. The van der Waals surface area contributed by atoms with Gasteiger partial charge in [0.25, 0.3) is 0 Å². The van der Waals surface area contributed by atoms with Gasteiger partial charge >= 0.3 is 0 Å². The maximum Gasteiger partial charge on any atom is 0.228 e. The molecule has 7 heteroatoms. The van der Waals surface area contributed by atoms with Crippen LogP contribution in [-0.2, 0) is 11.2 Å². The Hall–Kier alpha value is -2.83. The number of rotatable bonds is 8. The number of amides is 1. The van der Waals surface area contributed by atoms with Crippen LogP contribution in [0.5, 0.6) is 11.5 Å². The molecule has 1 aliphatic rings. The molecule has 0 atom stereocenters. The van der Waals surface area contributed by atoms with Crippen molar-refractivity contribution in [1.82, 2.24) is 10.2 Å². The van der Waals surface area contributed by atoms with Gasteiger partial charge in [0.1, 0.15) is 5.82 Å². The number of carbonyl (C=O) groups is 1. The number of nitrogens with one attached hydrogen (secondary N) is 2. The highest BCUT2D eigenvalue weighted by Gasteiger charge is 2.25. The molecule has 3 rings (SSSR count). The molecular weight excluding hydrogens is 332 g/mol. The summed E-state index contributed by atoms with van der Waals surface area (Å²) in [5.41, 5.74) is 1.13. The third-order valence-electron chi connectivity index (χ3n) is 4.56. The zero-order chi connectivity index (χ0) is 18.4. The molecule has 0 radical (unpaired) electrons. The first-order chi connectivity index (χ1) is 12.7. The van der Waals surface area contributed by atoms with Crippen LogP contribution < -0.4 is 20.1 Å². The first kappa shape index (κ1) is 18.0. The van der Waals surface area contributed by atoms with Crippen LogP contribution in [0, 0.1) is 5.92 Å². The van der Waals surface area contributed by atoms with Crippen LogP contribution in [0.25, 0.3) is 0 Å². The molecule has 0 saturated heterocycles. The van der Waals surface area contributed by atoms with E-state index < -0.39 is 0 Å². The normalized spacial score (nSPS) is 13.6. The number of ether oxygens (including phenoxy) is 2. The standard InChI is InChI=1S/C19H24N4O3/c1-25-15-7-6-13(12-16(15)26-2)10-11-20-17-8-9-18(23-22-17)21-19(24)14-4-3-5-14/h6-9,12,14H,3-5,10-11H2,1-2H3,(H,20,22)(H,21,23,24). The van der Waals surface area contributed by atoms with E-state index in [4.69, 9.17) is 9.47 Å². The van der Waals surface area contributed by atoms with Gasteiger partial charge in [-0.3, -0.25) is 4.79 Å². The summed E-state index contributed by atoms with van der Waals surface area (Å²) in [4.78, 5) is 11.9. The van der Waals surface area contributed by atoms with Gasteiger partial charge < -0.3 is 20.1 Å². The highest BCUT2D eigenvalue weighted by molar-refractivity contribution is 5.92. The summed E-state index contributed by atoms with van der Waals surface area (Å²) in [6.45, 7) is 0.706. The van der Waals surface area contributed by atoms with Gasteiger partial charge in [-0.15, -0.1) is 10.2 Å². The van der Waals surface area contributed by atoms with E-state index in [-0.39, 0.29) is 11.8 Å². The molecule has 2 N–H and O–H groups in total. The van der Waals surface area contributed by atoms with Gasteiger partial charge in [-0.25, -0.2) is 0 Å². The molecular formula is C19H24N4O3. The summed E-state index contributed by atoms with van der Waals surface area (Å²) in [5, 5.41) is 14.2. The van der Waals surface area contributed by atoms with E-state index in [0.29, 0.717) is 18.2 Å². The summed E-state index contributed by atoms with van der Waals surface area (Å²) in [7, 11) is 3.25. The predicted molar refractivity (Wildman–Crippen MR) is 99.7 cm³/mol. The van der Waals surface area contributed by atoms with Crippen LogP contribution >= 0.6 is 0 Å². The van der Waals surface area contributed by atoms with Gasteiger partial charge in [0, 0.05) is 12.5 Å². The van der Waals surface area contributed by atoms with Crippen LogP contribution in [0.1, 0.15) is 24.8 Å². The number of benzene rings is 1. The number of hydrogen-bond donors (Lipinski definition) is 2. The molecule has 1 aliphatic carbocycles. The molecule has 1 heterocycles. The van der Waals surface area contributed by atoms with Crippen LogP contribution in [0.3, 0.4) is 0 Å². The van der Waals surface area contributed by atoms with Crippen LogP contribution in [0.4, 0.5) is 11.6 Å². The zero-order valence-corrected chi connectivity index (χ0v) is 15.1. The Bertz CT molecular complexity index is 745. The molecule has 1 amide bonds. The molecule has 138 valence electrons. The SMILES string of the molecule is COc1ccc(CCNc2ccc(NC(=O)C3CCC3)nn2)cc1OC. The second-order valence-electron chi connectivity index (χ2n) is 6.29. The van der Waals surface area contributed by atoms with Crippen molar-refractivity contribution in [2.75, 3.05) is 31.4 Å². The lowest BCUT2D eigenvalue weighted by Gasteiger charge is -2.23. The number of hydrogen-bond acceptors (Lipinski definition) is 6. The van der Waals surface area contributed by atoms with Crippen molar-refractivity contribution in [3.8, 4) is 11.5 Å². The Labute approximate surface area is 153 Å². The third-order valence-corrected chi connectivity index (χ3v) is 4.56. The highest BCUT2D eigenvalue weighted by Crippen LogP contribution is 2.28. The molecule has 0 aliphatic heterocycles. The molecule has 7 nitrogen and oxygen atoms in total. The van der Waals surface area contributed by atoms with Crippen molar-refractivity contribution in [2.45, 2.75) is 25.7 Å². The zero-order valence-electron chi connectivity index (χ0n) is 15.1. The fraction of sp³-hybridized carbons (Fsp3) is 0.421. The number of nitrogens with zero attached hydrogens (tertiary/aromatic N) is 2. The maximum absolute atomic E-state index is 11.9. The topological polar surface area (TPSA) is 85.4 Å². The Kier molecular flexibility index (Phi) is 5.88. The van der Waals surface area contributed by atoms with Crippen molar-refractivity contribution in [2.24, 2.45) is 5.92 Å². The van der Waals surface area contributed by atoms with E-state index in [1.54, 1.807) is 20.3 Å². The lowest BCUT2D eigenvalue weighted by Crippen LogP contribution is -2.28. The average molecular weight is 356 g/mol. The predicted octanol–water partition coefficient (Wildman–Crippen LogP) is 2.89.